The Morgan fingerprint density at radius 1 is 1.21 bits per heavy atom. The number of carbonyl (C=O) groups is 2. The first-order valence-electron chi connectivity index (χ1n) is 8.82. The Morgan fingerprint density at radius 3 is 2.61 bits per heavy atom. The topological polar surface area (TPSA) is 107 Å². The number of amides is 1. The predicted octanol–water partition coefficient (Wildman–Crippen LogP) is 3.13. The molecule has 146 valence electrons. The number of carboxylic acids is 1. The molecule has 0 unspecified atom stereocenters. The number of para-hydroxylation sites is 1. The molecule has 8 nitrogen and oxygen atoms in total. The van der Waals surface area contributed by atoms with Gasteiger partial charge in [-0.2, -0.15) is 5.10 Å². The molecule has 8 heteroatoms. The Kier molecular flexibility index (Phi) is 5.78. The van der Waals surface area contributed by atoms with Gasteiger partial charge in [0.25, 0.3) is 5.91 Å². The predicted molar refractivity (Wildman–Crippen MR) is 101 cm³/mol. The summed E-state index contributed by atoms with van der Waals surface area (Å²) < 4.78 is 12.5. The summed E-state index contributed by atoms with van der Waals surface area (Å²) in [7, 11) is 0. The second kappa shape index (κ2) is 8.43. The summed E-state index contributed by atoms with van der Waals surface area (Å²) in [6.45, 7) is 4.51. The van der Waals surface area contributed by atoms with Gasteiger partial charge in [0.1, 0.15) is 5.76 Å². The third-order valence-corrected chi connectivity index (χ3v) is 3.78. The molecule has 0 aliphatic heterocycles. The first kappa shape index (κ1) is 19.2. The minimum Gasteiger partial charge on any atom is -0.489 e. The normalized spacial score (nSPS) is 10.8. The van der Waals surface area contributed by atoms with Gasteiger partial charge in [-0.1, -0.05) is 32.0 Å². The number of aromatic carboxylic acids is 1. The van der Waals surface area contributed by atoms with Crippen molar-refractivity contribution in [2.45, 2.75) is 20.4 Å². The molecule has 1 aromatic carbocycles. The number of hydrogen-bond donors (Lipinski definition) is 2. The highest BCUT2D eigenvalue weighted by Crippen LogP contribution is 2.21. The van der Waals surface area contributed by atoms with E-state index >= 15 is 0 Å². The van der Waals surface area contributed by atoms with E-state index in [0.717, 1.165) is 5.69 Å². The van der Waals surface area contributed by atoms with Crippen molar-refractivity contribution < 1.29 is 23.8 Å². The lowest BCUT2D eigenvalue weighted by molar-refractivity contribution is 0.0660. The molecule has 3 aromatic rings. The van der Waals surface area contributed by atoms with Crippen LogP contribution in [0.2, 0.25) is 0 Å². The van der Waals surface area contributed by atoms with Crippen molar-refractivity contribution in [3.63, 3.8) is 0 Å². The van der Waals surface area contributed by atoms with E-state index in [1.54, 1.807) is 10.9 Å². The summed E-state index contributed by atoms with van der Waals surface area (Å²) >= 11 is 0. The van der Waals surface area contributed by atoms with Crippen molar-refractivity contribution >= 4 is 11.9 Å². The zero-order chi connectivity index (χ0) is 20.1. The highest BCUT2D eigenvalue weighted by Gasteiger charge is 2.20. The highest BCUT2D eigenvalue weighted by molar-refractivity contribution is 5.94. The summed E-state index contributed by atoms with van der Waals surface area (Å²) in [5, 5.41) is 15.9. The van der Waals surface area contributed by atoms with Crippen molar-refractivity contribution in [1.29, 1.82) is 0 Å². The zero-order valence-electron chi connectivity index (χ0n) is 15.6. The number of ether oxygens (including phenoxy) is 1. The van der Waals surface area contributed by atoms with E-state index in [2.05, 4.69) is 10.4 Å². The molecule has 3 rings (SSSR count). The van der Waals surface area contributed by atoms with Crippen molar-refractivity contribution in [3.05, 3.63) is 65.9 Å². The van der Waals surface area contributed by atoms with E-state index in [1.807, 2.05) is 44.2 Å². The van der Waals surface area contributed by atoms with E-state index in [9.17, 15) is 9.59 Å². The minimum atomic E-state index is -1.16. The van der Waals surface area contributed by atoms with Crippen molar-refractivity contribution in [2.24, 2.45) is 5.92 Å². The first-order valence-corrected chi connectivity index (χ1v) is 8.82. The molecule has 2 aromatic heterocycles. The Balaban J connectivity index is 1.78. The largest absolute Gasteiger partial charge is 0.489 e. The standard InChI is InChI=1S/C20H21N3O5/c1-13(2)12-27-17-11-23(14-6-4-3-5-7-14)22-18(17)19(24)21-10-15-8-9-16(28-15)20(25)26/h3-9,11,13H,10,12H2,1-2H3,(H,21,24)(H,25,26). The Bertz CT molecular complexity index is 959. The number of nitrogens with zero attached hydrogens (tertiary/aromatic N) is 2. The maximum Gasteiger partial charge on any atom is 0.371 e. The van der Waals surface area contributed by atoms with Crippen LogP contribution in [0.25, 0.3) is 5.69 Å². The Labute approximate surface area is 161 Å². The smallest absolute Gasteiger partial charge is 0.371 e. The molecule has 0 aliphatic carbocycles. The van der Waals surface area contributed by atoms with Gasteiger partial charge in [-0.05, 0) is 30.2 Å². The molecule has 28 heavy (non-hydrogen) atoms. The summed E-state index contributed by atoms with van der Waals surface area (Å²) in [4.78, 5) is 23.5. The monoisotopic (exact) mass is 383 g/mol. The van der Waals surface area contributed by atoms with Crippen LogP contribution in [-0.2, 0) is 6.54 Å². The summed E-state index contributed by atoms with van der Waals surface area (Å²) in [5.74, 6) is -0.795. The molecule has 0 bridgehead atoms. The maximum atomic E-state index is 12.6. The van der Waals surface area contributed by atoms with Crippen LogP contribution in [-0.4, -0.2) is 33.4 Å². The van der Waals surface area contributed by atoms with Gasteiger partial charge in [-0.3, -0.25) is 4.79 Å². The fourth-order valence-electron chi connectivity index (χ4n) is 2.43. The molecule has 0 fully saturated rings. The quantitative estimate of drug-likeness (QED) is 0.619. The average molecular weight is 383 g/mol. The van der Waals surface area contributed by atoms with Crippen LogP contribution in [0.5, 0.6) is 5.75 Å². The molecular formula is C20H21N3O5. The number of hydrogen-bond acceptors (Lipinski definition) is 5. The number of carbonyl (C=O) groups excluding carboxylic acids is 1. The molecule has 0 spiro atoms. The zero-order valence-corrected chi connectivity index (χ0v) is 15.6. The van der Waals surface area contributed by atoms with Gasteiger partial charge in [0.05, 0.1) is 25.0 Å². The number of benzene rings is 1. The maximum absolute atomic E-state index is 12.6. The fraction of sp³-hybridized carbons (Fsp3) is 0.250. The molecule has 2 N–H and O–H groups in total. The van der Waals surface area contributed by atoms with E-state index in [1.165, 1.54) is 12.1 Å². The van der Waals surface area contributed by atoms with Crippen LogP contribution < -0.4 is 10.1 Å². The molecule has 0 radical (unpaired) electrons. The highest BCUT2D eigenvalue weighted by atomic mass is 16.5. The number of aromatic nitrogens is 2. The minimum absolute atomic E-state index is 0.0356. The molecule has 0 atom stereocenters. The van der Waals surface area contributed by atoms with E-state index in [4.69, 9.17) is 14.3 Å². The lowest BCUT2D eigenvalue weighted by Gasteiger charge is -2.08. The molecule has 0 aliphatic rings. The van der Waals surface area contributed by atoms with Crippen LogP contribution in [0.4, 0.5) is 0 Å². The number of furan rings is 1. The van der Waals surface area contributed by atoms with Crippen LogP contribution in [0.15, 0.2) is 53.1 Å². The lowest BCUT2D eigenvalue weighted by atomic mass is 10.2. The van der Waals surface area contributed by atoms with Gasteiger partial charge in [-0.25, -0.2) is 9.48 Å². The van der Waals surface area contributed by atoms with E-state index in [0.29, 0.717) is 18.1 Å². The van der Waals surface area contributed by atoms with Crippen LogP contribution in [0.1, 0.15) is 40.7 Å². The summed E-state index contributed by atoms with van der Waals surface area (Å²) in [5.41, 5.74) is 0.947. The lowest BCUT2D eigenvalue weighted by Crippen LogP contribution is -2.24. The van der Waals surface area contributed by atoms with Gasteiger partial charge in [0.2, 0.25) is 5.76 Å². The molecule has 0 saturated carbocycles. The van der Waals surface area contributed by atoms with Gasteiger partial charge in [0.15, 0.2) is 11.4 Å². The average Bonchev–Trinajstić information content (AvgIpc) is 3.32. The number of carboxylic acid groups (broad SMARTS) is 1. The van der Waals surface area contributed by atoms with E-state index in [-0.39, 0.29) is 23.9 Å². The summed E-state index contributed by atoms with van der Waals surface area (Å²) in [6.07, 6.45) is 1.67. The first-order chi connectivity index (χ1) is 13.4. The van der Waals surface area contributed by atoms with E-state index < -0.39 is 11.9 Å². The van der Waals surface area contributed by atoms with Gasteiger partial charge in [-0.15, -0.1) is 0 Å². The van der Waals surface area contributed by atoms with Crippen LogP contribution in [0, 0.1) is 5.92 Å². The fourth-order valence-corrected chi connectivity index (χ4v) is 2.43. The molecular weight excluding hydrogens is 362 g/mol. The Hall–Kier alpha value is -3.55. The number of rotatable bonds is 8. The number of nitrogens with one attached hydrogen (secondary N) is 1. The Morgan fingerprint density at radius 2 is 1.96 bits per heavy atom. The van der Waals surface area contributed by atoms with Gasteiger partial charge in [0, 0.05) is 0 Å². The summed E-state index contributed by atoms with van der Waals surface area (Å²) in [6, 6.07) is 12.2. The van der Waals surface area contributed by atoms with Crippen LogP contribution >= 0.6 is 0 Å². The molecule has 0 saturated heterocycles. The van der Waals surface area contributed by atoms with Gasteiger partial charge >= 0.3 is 5.97 Å². The van der Waals surface area contributed by atoms with Crippen molar-refractivity contribution in [3.8, 4) is 11.4 Å². The third-order valence-electron chi connectivity index (χ3n) is 3.78. The van der Waals surface area contributed by atoms with Gasteiger partial charge < -0.3 is 19.6 Å². The second-order valence-electron chi connectivity index (χ2n) is 6.58. The molecule has 1 amide bonds. The van der Waals surface area contributed by atoms with Crippen molar-refractivity contribution in [2.75, 3.05) is 6.61 Å². The van der Waals surface area contributed by atoms with Crippen molar-refractivity contribution in [1.82, 2.24) is 15.1 Å². The SMILES string of the molecule is CC(C)COc1cn(-c2ccccc2)nc1C(=O)NCc1ccc(C(=O)O)o1. The molecule has 2 heterocycles. The third kappa shape index (κ3) is 4.59. The van der Waals surface area contributed by atoms with Crippen LogP contribution in [0.3, 0.4) is 0 Å². The second-order valence-corrected chi connectivity index (χ2v) is 6.58.